The van der Waals surface area contributed by atoms with Gasteiger partial charge in [-0.2, -0.15) is 0 Å². The molecule has 0 aliphatic heterocycles. The van der Waals surface area contributed by atoms with Crippen LogP contribution in [0.5, 0.6) is 0 Å². The van der Waals surface area contributed by atoms with Gasteiger partial charge in [-0.05, 0) is 36.6 Å². The van der Waals surface area contributed by atoms with Crippen molar-refractivity contribution >= 4 is 11.6 Å². The lowest BCUT2D eigenvalue weighted by molar-refractivity contribution is 0.512. The van der Waals surface area contributed by atoms with Gasteiger partial charge in [0.1, 0.15) is 0 Å². The Morgan fingerprint density at radius 1 is 0.950 bits per heavy atom. The lowest BCUT2D eigenvalue weighted by Gasteiger charge is -2.18. The number of benzene rings is 1. The van der Waals surface area contributed by atoms with Gasteiger partial charge in [-0.3, -0.25) is 0 Å². The number of hydrogen-bond acceptors (Lipinski definition) is 1. The Kier molecular flexibility index (Phi) is 9.78. The Morgan fingerprint density at radius 3 is 2.25 bits per heavy atom. The van der Waals surface area contributed by atoms with E-state index >= 15 is 0 Å². The van der Waals surface area contributed by atoms with Crippen LogP contribution in [0.15, 0.2) is 24.3 Å². The van der Waals surface area contributed by atoms with Crippen LogP contribution >= 0.6 is 11.6 Å². The highest BCUT2D eigenvalue weighted by Gasteiger charge is 2.10. The average Bonchev–Trinajstić information content (AvgIpc) is 2.47. The molecular formula is C18H30ClN. The number of nitrogens with one attached hydrogen (secondary N) is 1. The fourth-order valence-corrected chi connectivity index (χ4v) is 2.74. The minimum atomic E-state index is 0.624. The molecule has 114 valence electrons. The van der Waals surface area contributed by atoms with Gasteiger partial charge in [0.2, 0.25) is 0 Å². The Hall–Kier alpha value is -0.530. The standard InChI is InChI=1S/C18H30ClN/c1-3-5-6-7-8-9-10-17(15-20-4-2)16-11-13-18(19)14-12-16/h11-14,17,20H,3-10,15H2,1-2H3. The first-order valence-electron chi connectivity index (χ1n) is 8.24. The van der Waals surface area contributed by atoms with E-state index in [1.54, 1.807) is 0 Å². The Balaban J connectivity index is 2.37. The van der Waals surface area contributed by atoms with Crippen LogP contribution in [0.25, 0.3) is 0 Å². The quantitative estimate of drug-likeness (QED) is 0.510. The molecule has 0 fully saturated rings. The van der Waals surface area contributed by atoms with Crippen molar-refractivity contribution in [1.82, 2.24) is 5.32 Å². The van der Waals surface area contributed by atoms with Gasteiger partial charge in [-0.1, -0.05) is 76.1 Å². The van der Waals surface area contributed by atoms with Crippen molar-refractivity contribution < 1.29 is 0 Å². The third kappa shape index (κ3) is 7.31. The van der Waals surface area contributed by atoms with Crippen molar-refractivity contribution in [2.24, 2.45) is 0 Å². The van der Waals surface area contributed by atoms with Crippen LogP contribution in [0.2, 0.25) is 5.02 Å². The van der Waals surface area contributed by atoms with Crippen molar-refractivity contribution in [1.29, 1.82) is 0 Å². The van der Waals surface area contributed by atoms with E-state index in [2.05, 4.69) is 31.3 Å². The SMILES string of the molecule is CCCCCCCCC(CNCC)c1ccc(Cl)cc1. The summed E-state index contributed by atoms with van der Waals surface area (Å²) in [5.74, 6) is 0.624. The maximum Gasteiger partial charge on any atom is 0.0406 e. The number of likely N-dealkylation sites (N-methyl/N-ethyl adjacent to an activating group) is 1. The van der Waals surface area contributed by atoms with E-state index in [0.717, 1.165) is 18.1 Å². The van der Waals surface area contributed by atoms with E-state index in [0.29, 0.717) is 5.92 Å². The van der Waals surface area contributed by atoms with E-state index in [9.17, 15) is 0 Å². The predicted molar refractivity (Wildman–Crippen MR) is 90.7 cm³/mol. The zero-order valence-electron chi connectivity index (χ0n) is 13.1. The maximum atomic E-state index is 5.98. The molecule has 0 aromatic heterocycles. The largest absolute Gasteiger partial charge is 0.316 e. The fraction of sp³-hybridized carbons (Fsp3) is 0.667. The molecule has 0 radical (unpaired) electrons. The van der Waals surface area contributed by atoms with Crippen molar-refractivity contribution in [2.45, 2.75) is 64.7 Å². The molecule has 1 N–H and O–H groups in total. The normalized spacial score (nSPS) is 12.6. The number of rotatable bonds is 11. The first-order chi connectivity index (χ1) is 9.77. The maximum absolute atomic E-state index is 5.98. The van der Waals surface area contributed by atoms with Crippen LogP contribution in [0.3, 0.4) is 0 Å². The van der Waals surface area contributed by atoms with Crippen LogP contribution in [0.4, 0.5) is 0 Å². The molecule has 0 aliphatic rings. The zero-order valence-corrected chi connectivity index (χ0v) is 13.9. The monoisotopic (exact) mass is 295 g/mol. The molecule has 1 rings (SSSR count). The summed E-state index contributed by atoms with van der Waals surface area (Å²) >= 11 is 5.98. The number of unbranched alkanes of at least 4 members (excludes halogenated alkanes) is 5. The molecule has 1 atom stereocenters. The molecule has 0 spiro atoms. The van der Waals surface area contributed by atoms with Crippen LogP contribution in [0, 0.1) is 0 Å². The first-order valence-corrected chi connectivity index (χ1v) is 8.61. The summed E-state index contributed by atoms with van der Waals surface area (Å²) < 4.78 is 0. The van der Waals surface area contributed by atoms with Gasteiger partial charge in [0.15, 0.2) is 0 Å². The summed E-state index contributed by atoms with van der Waals surface area (Å²) in [6, 6.07) is 8.39. The van der Waals surface area contributed by atoms with E-state index in [1.165, 1.54) is 50.5 Å². The van der Waals surface area contributed by atoms with Crippen molar-refractivity contribution in [2.75, 3.05) is 13.1 Å². The van der Waals surface area contributed by atoms with E-state index in [-0.39, 0.29) is 0 Å². The Bertz CT molecular complexity index is 334. The summed E-state index contributed by atoms with van der Waals surface area (Å²) in [7, 11) is 0. The van der Waals surface area contributed by atoms with Gasteiger partial charge < -0.3 is 5.32 Å². The lowest BCUT2D eigenvalue weighted by atomic mass is 9.92. The molecule has 0 saturated heterocycles. The molecule has 1 aromatic rings. The van der Waals surface area contributed by atoms with Crippen LogP contribution in [-0.2, 0) is 0 Å². The van der Waals surface area contributed by atoms with Gasteiger partial charge >= 0.3 is 0 Å². The first kappa shape index (κ1) is 17.5. The minimum absolute atomic E-state index is 0.624. The topological polar surface area (TPSA) is 12.0 Å². The van der Waals surface area contributed by atoms with E-state index in [1.807, 2.05) is 12.1 Å². The third-order valence-electron chi connectivity index (χ3n) is 3.89. The summed E-state index contributed by atoms with van der Waals surface area (Å²) in [5.41, 5.74) is 1.42. The molecule has 20 heavy (non-hydrogen) atoms. The molecule has 0 bridgehead atoms. The highest BCUT2D eigenvalue weighted by Crippen LogP contribution is 2.24. The Morgan fingerprint density at radius 2 is 1.60 bits per heavy atom. The van der Waals surface area contributed by atoms with E-state index < -0.39 is 0 Å². The second-order valence-electron chi connectivity index (χ2n) is 5.61. The summed E-state index contributed by atoms with van der Waals surface area (Å²) in [6.07, 6.45) is 9.49. The average molecular weight is 296 g/mol. The molecule has 1 unspecified atom stereocenters. The van der Waals surface area contributed by atoms with Crippen LogP contribution in [-0.4, -0.2) is 13.1 Å². The zero-order chi connectivity index (χ0) is 14.6. The van der Waals surface area contributed by atoms with Crippen molar-refractivity contribution in [3.05, 3.63) is 34.9 Å². The van der Waals surface area contributed by atoms with Gasteiger partial charge in [-0.15, -0.1) is 0 Å². The van der Waals surface area contributed by atoms with Crippen LogP contribution < -0.4 is 5.32 Å². The van der Waals surface area contributed by atoms with E-state index in [4.69, 9.17) is 11.6 Å². The third-order valence-corrected chi connectivity index (χ3v) is 4.14. The number of halogens is 1. The highest BCUT2D eigenvalue weighted by molar-refractivity contribution is 6.30. The number of hydrogen-bond donors (Lipinski definition) is 1. The lowest BCUT2D eigenvalue weighted by Crippen LogP contribution is -2.21. The summed E-state index contributed by atoms with van der Waals surface area (Å²) in [4.78, 5) is 0. The molecule has 2 heteroatoms. The molecule has 0 saturated carbocycles. The van der Waals surface area contributed by atoms with Gasteiger partial charge in [0.25, 0.3) is 0 Å². The van der Waals surface area contributed by atoms with Gasteiger partial charge in [0, 0.05) is 11.6 Å². The molecule has 0 amide bonds. The second-order valence-corrected chi connectivity index (χ2v) is 6.05. The minimum Gasteiger partial charge on any atom is -0.316 e. The van der Waals surface area contributed by atoms with Gasteiger partial charge in [-0.25, -0.2) is 0 Å². The molecule has 0 aliphatic carbocycles. The summed E-state index contributed by atoms with van der Waals surface area (Å²) in [5, 5.41) is 4.32. The summed E-state index contributed by atoms with van der Waals surface area (Å²) in [6.45, 7) is 6.56. The van der Waals surface area contributed by atoms with Gasteiger partial charge in [0.05, 0.1) is 0 Å². The Labute approximate surface area is 130 Å². The molecule has 0 heterocycles. The molecular weight excluding hydrogens is 266 g/mol. The smallest absolute Gasteiger partial charge is 0.0406 e. The van der Waals surface area contributed by atoms with Crippen molar-refractivity contribution in [3.8, 4) is 0 Å². The second kappa shape index (κ2) is 11.2. The van der Waals surface area contributed by atoms with Crippen LogP contribution in [0.1, 0.15) is 70.3 Å². The van der Waals surface area contributed by atoms with Crippen molar-refractivity contribution in [3.63, 3.8) is 0 Å². The fourth-order valence-electron chi connectivity index (χ4n) is 2.61. The highest BCUT2D eigenvalue weighted by atomic mass is 35.5. The molecule has 1 nitrogen and oxygen atoms in total. The predicted octanol–water partition coefficient (Wildman–Crippen LogP) is 5.78. The molecule has 1 aromatic carbocycles.